The smallest absolute Gasteiger partial charge is 0.258 e. The Kier molecular flexibility index (Phi) is 5.88. The van der Waals surface area contributed by atoms with Crippen LogP contribution in [0.15, 0.2) is 65.4 Å². The van der Waals surface area contributed by atoms with E-state index in [1.165, 1.54) is 25.9 Å². The predicted octanol–water partition coefficient (Wildman–Crippen LogP) is 4.18. The zero-order valence-corrected chi connectivity index (χ0v) is 20.2. The maximum absolute atomic E-state index is 13.2. The lowest BCUT2D eigenvalue weighted by Gasteiger charge is -2.45. The summed E-state index contributed by atoms with van der Waals surface area (Å²) in [5.74, 6) is 0.345. The molecule has 2 amide bonds. The minimum absolute atomic E-state index is 0.128. The number of amides is 2. The molecule has 4 aliphatic heterocycles. The molecule has 7 rings (SSSR count). The lowest BCUT2D eigenvalue weighted by Crippen LogP contribution is -2.55. The van der Waals surface area contributed by atoms with Gasteiger partial charge in [0, 0.05) is 46.9 Å². The molecule has 0 saturated carbocycles. The molecule has 3 saturated heterocycles. The van der Waals surface area contributed by atoms with Gasteiger partial charge in [-0.1, -0.05) is 36.4 Å². The van der Waals surface area contributed by atoms with Gasteiger partial charge in [-0.15, -0.1) is 0 Å². The molecule has 1 atom stereocenters. The number of carbonyl (C=O) groups is 2. The summed E-state index contributed by atoms with van der Waals surface area (Å²) < 4.78 is 0. The van der Waals surface area contributed by atoms with Gasteiger partial charge in [0.05, 0.1) is 11.3 Å². The summed E-state index contributed by atoms with van der Waals surface area (Å²) in [4.78, 5) is 28.5. The third-order valence-corrected chi connectivity index (χ3v) is 8.05. The van der Waals surface area contributed by atoms with Crippen LogP contribution in [-0.2, 0) is 11.3 Å². The first-order valence-electron chi connectivity index (χ1n) is 12.2. The predicted molar refractivity (Wildman–Crippen MR) is 140 cm³/mol. The van der Waals surface area contributed by atoms with Gasteiger partial charge in [-0.3, -0.25) is 9.59 Å². The fourth-order valence-corrected chi connectivity index (χ4v) is 6.11. The van der Waals surface area contributed by atoms with E-state index in [2.05, 4.69) is 32.3 Å². The van der Waals surface area contributed by atoms with Crippen LogP contribution >= 0.6 is 11.3 Å². The summed E-state index contributed by atoms with van der Waals surface area (Å²) in [6.07, 6.45) is 2.41. The minimum atomic E-state index is -0.160. The molecule has 0 aliphatic carbocycles. The number of nitrogens with zero attached hydrogens (tertiary/aromatic N) is 1. The van der Waals surface area contributed by atoms with Crippen LogP contribution in [0, 0.1) is 5.92 Å². The monoisotopic (exact) mass is 484 g/mol. The van der Waals surface area contributed by atoms with Crippen molar-refractivity contribution in [2.24, 2.45) is 5.92 Å². The zero-order chi connectivity index (χ0) is 23.8. The average molecular weight is 485 g/mol. The maximum Gasteiger partial charge on any atom is 0.258 e. The molecule has 4 aliphatic rings. The van der Waals surface area contributed by atoms with Crippen molar-refractivity contribution < 1.29 is 9.59 Å². The number of fused-ring (bicyclic) bond motifs is 4. The van der Waals surface area contributed by atoms with E-state index in [9.17, 15) is 9.59 Å². The fraction of sp³-hybridized carbons (Fsp3) is 0.286. The van der Waals surface area contributed by atoms with Crippen molar-refractivity contribution in [1.29, 1.82) is 0 Å². The van der Waals surface area contributed by atoms with E-state index in [0.717, 1.165) is 28.9 Å². The molecule has 178 valence electrons. The van der Waals surface area contributed by atoms with Crippen LogP contribution in [-0.4, -0.2) is 42.4 Å². The first kappa shape index (κ1) is 22.1. The molecule has 3 fully saturated rings. The Morgan fingerprint density at radius 1 is 1.06 bits per heavy atom. The first-order valence-corrected chi connectivity index (χ1v) is 13.1. The van der Waals surface area contributed by atoms with Crippen molar-refractivity contribution in [2.75, 3.05) is 25.0 Å². The van der Waals surface area contributed by atoms with Crippen LogP contribution in [0.25, 0.3) is 11.3 Å². The molecule has 2 bridgehead atoms. The van der Waals surface area contributed by atoms with Gasteiger partial charge in [0.15, 0.2) is 0 Å². The number of carbonyl (C=O) groups excluding carboxylic acids is 2. The summed E-state index contributed by atoms with van der Waals surface area (Å²) >= 11 is 1.63. The van der Waals surface area contributed by atoms with E-state index in [1.54, 1.807) is 23.5 Å². The molecular formula is C28H28N4O2S. The number of nitrogens with one attached hydrogen (secondary N) is 3. The van der Waals surface area contributed by atoms with Gasteiger partial charge in [0.1, 0.15) is 0 Å². The number of piperidine rings is 3. The Hall–Kier alpha value is -3.42. The van der Waals surface area contributed by atoms with Crippen molar-refractivity contribution in [1.82, 2.24) is 15.5 Å². The van der Waals surface area contributed by atoms with Crippen molar-refractivity contribution in [3.05, 3.63) is 87.6 Å². The molecule has 5 heterocycles. The number of anilines is 1. The number of thiophene rings is 1. The molecule has 6 nitrogen and oxygen atoms in total. The van der Waals surface area contributed by atoms with Crippen LogP contribution in [0.1, 0.15) is 39.9 Å². The Morgan fingerprint density at radius 3 is 2.60 bits per heavy atom. The van der Waals surface area contributed by atoms with Gasteiger partial charge < -0.3 is 20.9 Å². The van der Waals surface area contributed by atoms with Gasteiger partial charge >= 0.3 is 0 Å². The minimum Gasteiger partial charge on any atom is -0.380 e. The van der Waals surface area contributed by atoms with Crippen molar-refractivity contribution >= 4 is 40.1 Å². The molecule has 1 aromatic heterocycles. The third-order valence-electron chi connectivity index (χ3n) is 7.37. The van der Waals surface area contributed by atoms with Crippen molar-refractivity contribution in [3.8, 4) is 0 Å². The van der Waals surface area contributed by atoms with Gasteiger partial charge in [-0.05, 0) is 61.0 Å². The van der Waals surface area contributed by atoms with Crippen molar-refractivity contribution in [2.45, 2.75) is 25.4 Å². The summed E-state index contributed by atoms with van der Waals surface area (Å²) in [5, 5.41) is 13.9. The first-order chi connectivity index (χ1) is 17.2. The largest absolute Gasteiger partial charge is 0.380 e. The number of rotatable bonds is 6. The Balaban J connectivity index is 1.29. The molecule has 7 heteroatoms. The van der Waals surface area contributed by atoms with Crippen LogP contribution < -0.4 is 16.0 Å². The van der Waals surface area contributed by atoms with Gasteiger partial charge in [-0.2, -0.15) is 11.3 Å². The third kappa shape index (κ3) is 4.37. The highest BCUT2D eigenvalue weighted by Crippen LogP contribution is 2.38. The van der Waals surface area contributed by atoms with E-state index in [0.29, 0.717) is 35.3 Å². The second-order valence-corrected chi connectivity index (χ2v) is 10.3. The highest BCUT2D eigenvalue weighted by Gasteiger charge is 2.36. The quantitative estimate of drug-likeness (QED) is 0.459. The van der Waals surface area contributed by atoms with Crippen molar-refractivity contribution in [3.63, 3.8) is 0 Å². The lowest BCUT2D eigenvalue weighted by atomic mass is 9.83. The van der Waals surface area contributed by atoms with Gasteiger partial charge in [-0.25, -0.2) is 0 Å². The molecule has 0 radical (unpaired) electrons. The summed E-state index contributed by atoms with van der Waals surface area (Å²) in [6.45, 7) is 3.82. The van der Waals surface area contributed by atoms with E-state index in [4.69, 9.17) is 0 Å². The highest BCUT2D eigenvalue weighted by atomic mass is 32.1. The van der Waals surface area contributed by atoms with Crippen LogP contribution in [0.2, 0.25) is 0 Å². The molecule has 35 heavy (non-hydrogen) atoms. The number of benzene rings is 2. The summed E-state index contributed by atoms with van der Waals surface area (Å²) in [5.41, 5.74) is 5.68. The molecule has 2 aromatic carbocycles. The number of hydrogen-bond acceptors (Lipinski definition) is 5. The Morgan fingerprint density at radius 2 is 1.89 bits per heavy atom. The molecule has 0 spiro atoms. The summed E-state index contributed by atoms with van der Waals surface area (Å²) in [6, 6.07) is 17.7. The van der Waals surface area contributed by atoms with E-state index in [1.807, 2.05) is 41.8 Å². The molecule has 3 N–H and O–H groups in total. The normalized spacial score (nSPS) is 24.0. The second-order valence-electron chi connectivity index (χ2n) is 9.53. The van der Waals surface area contributed by atoms with Crippen LogP contribution in [0.5, 0.6) is 0 Å². The van der Waals surface area contributed by atoms with E-state index < -0.39 is 0 Å². The van der Waals surface area contributed by atoms with E-state index >= 15 is 0 Å². The zero-order valence-electron chi connectivity index (χ0n) is 19.4. The van der Waals surface area contributed by atoms with Crippen LogP contribution in [0.3, 0.4) is 0 Å². The lowest BCUT2D eigenvalue weighted by molar-refractivity contribution is -0.110. The highest BCUT2D eigenvalue weighted by molar-refractivity contribution is 7.08. The van der Waals surface area contributed by atoms with Gasteiger partial charge in [0.25, 0.3) is 11.8 Å². The van der Waals surface area contributed by atoms with E-state index in [-0.39, 0.29) is 11.8 Å². The SMILES string of the molecule is O=C1Nc2cc(C(=O)NCc3ccccc3)ccc2/C1=C(/NC1CN2CCC1CC2)c1ccsc1. The molecule has 1 unspecified atom stereocenters. The maximum atomic E-state index is 13.2. The number of hydrogen-bond donors (Lipinski definition) is 3. The van der Waals surface area contributed by atoms with Gasteiger partial charge in [0.2, 0.25) is 0 Å². The summed E-state index contributed by atoms with van der Waals surface area (Å²) in [7, 11) is 0. The molecule has 3 aromatic rings. The fourth-order valence-electron chi connectivity index (χ4n) is 5.46. The van der Waals surface area contributed by atoms with Crippen LogP contribution in [0.4, 0.5) is 5.69 Å². The average Bonchev–Trinajstić information content (AvgIpc) is 3.54. The molecular weight excluding hydrogens is 456 g/mol. The topological polar surface area (TPSA) is 73.5 Å². The second kappa shape index (κ2) is 9.32. The standard InChI is InChI=1S/C28H28N4O2S/c33-27(29-15-18-4-2-1-3-5-18)20-6-7-22-23(14-20)31-28(34)25(22)26(21-10-13-35-17-21)30-24-16-32-11-8-19(24)9-12-32/h1-7,10,13-14,17,19,24,30H,8-9,11-12,15-16H2,(H,29,33)(H,31,34)/b26-25-. The Bertz CT molecular complexity index is 1280. The Labute approximate surface area is 209 Å².